The van der Waals surface area contributed by atoms with Gasteiger partial charge in [-0.05, 0) is 19.1 Å². The van der Waals surface area contributed by atoms with Crippen molar-refractivity contribution in [2.24, 2.45) is 0 Å². The molecule has 0 bridgehead atoms. The number of carboxylic acids is 1. The molecule has 4 N–H and O–H groups in total. The van der Waals surface area contributed by atoms with Crippen LogP contribution in [0.25, 0.3) is 0 Å². The van der Waals surface area contributed by atoms with E-state index >= 15 is 0 Å². The largest absolute Gasteiger partial charge is 0.479 e. The molecule has 0 saturated carbocycles. The van der Waals surface area contributed by atoms with Crippen LogP contribution >= 0.6 is 0 Å². The van der Waals surface area contributed by atoms with Gasteiger partial charge in [-0.1, -0.05) is 0 Å². The molecule has 0 aromatic heterocycles. The lowest BCUT2D eigenvalue weighted by Crippen LogP contribution is -2.47. The summed E-state index contributed by atoms with van der Waals surface area (Å²) in [5.41, 5.74) is -5.41. The summed E-state index contributed by atoms with van der Waals surface area (Å²) in [4.78, 5) is 31.5. The summed E-state index contributed by atoms with van der Waals surface area (Å²) in [6.45, 7) is 0.191. The molecule has 12 heteroatoms. The standard InChI is InChI=1S/C12H12F3N3O6/c1-11(22,9(19)20)5-16-10(21)17-6-2-3-8(18(23)24)7(4-6)12(13,14)15/h2-4,22H,5H2,1H3,(H,19,20)(H2,16,17,21). The number of hydrogen-bond donors (Lipinski definition) is 4. The van der Waals surface area contributed by atoms with Gasteiger partial charge in [-0.3, -0.25) is 10.1 Å². The average Bonchev–Trinajstić information content (AvgIpc) is 2.44. The molecule has 0 aliphatic carbocycles. The second-order valence-electron chi connectivity index (χ2n) is 4.87. The lowest BCUT2D eigenvalue weighted by molar-refractivity contribution is -0.388. The molecule has 0 fully saturated rings. The van der Waals surface area contributed by atoms with Crippen molar-refractivity contribution >= 4 is 23.4 Å². The maximum Gasteiger partial charge on any atom is 0.423 e. The molecule has 0 spiro atoms. The summed E-state index contributed by atoms with van der Waals surface area (Å²) < 4.78 is 38.4. The van der Waals surface area contributed by atoms with Crippen LogP contribution in [0.2, 0.25) is 0 Å². The van der Waals surface area contributed by atoms with Crippen molar-refractivity contribution in [3.8, 4) is 0 Å². The Kier molecular flexibility index (Phi) is 5.35. The summed E-state index contributed by atoms with van der Waals surface area (Å²) in [5.74, 6) is -1.61. The third kappa shape index (κ3) is 4.81. The monoisotopic (exact) mass is 351 g/mol. The minimum atomic E-state index is -5.01. The summed E-state index contributed by atoms with van der Waals surface area (Å²) in [6.07, 6.45) is -5.01. The van der Waals surface area contributed by atoms with E-state index in [4.69, 9.17) is 5.11 Å². The zero-order chi connectivity index (χ0) is 18.7. The number of alkyl halides is 3. The molecule has 2 amide bonds. The van der Waals surface area contributed by atoms with Crippen LogP contribution in [-0.2, 0) is 11.0 Å². The number of anilines is 1. The normalized spacial score (nSPS) is 13.7. The fourth-order valence-electron chi connectivity index (χ4n) is 1.50. The predicted molar refractivity (Wildman–Crippen MR) is 73.4 cm³/mol. The fourth-order valence-corrected chi connectivity index (χ4v) is 1.50. The van der Waals surface area contributed by atoms with Crippen LogP contribution in [0.15, 0.2) is 18.2 Å². The van der Waals surface area contributed by atoms with Crippen LogP contribution in [0.5, 0.6) is 0 Å². The Hall–Kier alpha value is -2.89. The highest BCUT2D eigenvalue weighted by Crippen LogP contribution is 2.37. The number of carbonyl (C=O) groups excluding carboxylic acids is 1. The second-order valence-corrected chi connectivity index (χ2v) is 4.87. The predicted octanol–water partition coefficient (Wildman–Crippen LogP) is 1.57. The highest BCUT2D eigenvalue weighted by Gasteiger charge is 2.38. The van der Waals surface area contributed by atoms with Gasteiger partial charge in [0, 0.05) is 11.8 Å². The lowest BCUT2D eigenvalue weighted by Gasteiger charge is -2.18. The van der Waals surface area contributed by atoms with Gasteiger partial charge in [0.15, 0.2) is 5.60 Å². The van der Waals surface area contributed by atoms with Crippen molar-refractivity contribution in [1.29, 1.82) is 0 Å². The molecular formula is C12H12F3N3O6. The fraction of sp³-hybridized carbons (Fsp3) is 0.333. The van der Waals surface area contributed by atoms with Crippen molar-refractivity contribution < 1.29 is 37.9 Å². The Morgan fingerprint density at radius 3 is 2.38 bits per heavy atom. The summed E-state index contributed by atoms with van der Waals surface area (Å²) in [6, 6.07) is 0.722. The van der Waals surface area contributed by atoms with Crippen molar-refractivity contribution in [3.05, 3.63) is 33.9 Å². The van der Waals surface area contributed by atoms with E-state index in [0.717, 1.165) is 13.0 Å². The van der Waals surface area contributed by atoms with Gasteiger partial charge in [-0.15, -0.1) is 0 Å². The molecule has 9 nitrogen and oxygen atoms in total. The van der Waals surface area contributed by atoms with E-state index in [1.807, 2.05) is 10.6 Å². The molecule has 0 heterocycles. The van der Waals surface area contributed by atoms with Gasteiger partial charge in [0.2, 0.25) is 0 Å². The Labute approximate surface area is 132 Å². The van der Waals surface area contributed by atoms with Gasteiger partial charge in [-0.2, -0.15) is 13.2 Å². The number of halogens is 3. The summed E-state index contributed by atoms with van der Waals surface area (Å²) >= 11 is 0. The molecule has 0 aliphatic rings. The molecule has 1 atom stereocenters. The van der Waals surface area contributed by atoms with Crippen LogP contribution in [0, 0.1) is 10.1 Å². The van der Waals surface area contributed by atoms with E-state index < -0.39 is 52.2 Å². The number of carbonyl (C=O) groups is 2. The Morgan fingerprint density at radius 1 is 1.33 bits per heavy atom. The summed E-state index contributed by atoms with van der Waals surface area (Å²) in [5, 5.41) is 32.5. The SMILES string of the molecule is CC(O)(CNC(=O)Nc1ccc([N+](=O)[O-])c(C(F)(F)F)c1)C(=O)O. The number of aliphatic hydroxyl groups is 1. The molecule has 0 radical (unpaired) electrons. The number of urea groups is 1. The van der Waals surface area contributed by atoms with E-state index in [0.29, 0.717) is 12.1 Å². The Bertz CT molecular complexity index is 674. The average molecular weight is 351 g/mol. The maximum absolute atomic E-state index is 12.8. The number of amides is 2. The first-order valence-corrected chi connectivity index (χ1v) is 6.21. The first-order chi connectivity index (χ1) is 10.8. The maximum atomic E-state index is 12.8. The van der Waals surface area contributed by atoms with Crippen molar-refractivity contribution in [2.45, 2.75) is 18.7 Å². The van der Waals surface area contributed by atoms with E-state index in [-0.39, 0.29) is 0 Å². The van der Waals surface area contributed by atoms with Gasteiger partial charge < -0.3 is 20.8 Å². The number of benzene rings is 1. The molecule has 132 valence electrons. The van der Waals surface area contributed by atoms with Gasteiger partial charge in [-0.25, -0.2) is 9.59 Å². The minimum Gasteiger partial charge on any atom is -0.479 e. The van der Waals surface area contributed by atoms with Gasteiger partial charge in [0.25, 0.3) is 5.69 Å². The zero-order valence-electron chi connectivity index (χ0n) is 12.0. The first-order valence-electron chi connectivity index (χ1n) is 6.21. The third-order valence-electron chi connectivity index (χ3n) is 2.81. The smallest absolute Gasteiger partial charge is 0.423 e. The number of hydrogen-bond acceptors (Lipinski definition) is 5. The molecule has 1 aromatic rings. The number of nitro benzene ring substituents is 1. The number of nitrogens with one attached hydrogen (secondary N) is 2. The van der Waals surface area contributed by atoms with Crippen LogP contribution in [0.4, 0.5) is 29.3 Å². The number of aliphatic carboxylic acids is 1. The number of nitrogens with zero attached hydrogens (tertiary/aromatic N) is 1. The van der Waals surface area contributed by atoms with Gasteiger partial charge in [0.1, 0.15) is 5.56 Å². The lowest BCUT2D eigenvalue weighted by atomic mass is 10.1. The van der Waals surface area contributed by atoms with E-state index in [1.165, 1.54) is 0 Å². The quantitative estimate of drug-likeness (QED) is 0.468. The molecule has 0 saturated heterocycles. The van der Waals surface area contributed by atoms with Crippen LogP contribution in [0.3, 0.4) is 0 Å². The summed E-state index contributed by atoms with van der Waals surface area (Å²) in [7, 11) is 0. The highest BCUT2D eigenvalue weighted by atomic mass is 19.4. The molecular weight excluding hydrogens is 339 g/mol. The van der Waals surface area contributed by atoms with Crippen molar-refractivity contribution in [2.75, 3.05) is 11.9 Å². The number of nitro groups is 1. The molecule has 1 unspecified atom stereocenters. The third-order valence-corrected chi connectivity index (χ3v) is 2.81. The minimum absolute atomic E-state index is 0.368. The van der Waals surface area contributed by atoms with Crippen molar-refractivity contribution in [1.82, 2.24) is 5.32 Å². The van der Waals surface area contributed by atoms with E-state index in [1.54, 1.807) is 0 Å². The Morgan fingerprint density at radius 2 is 1.92 bits per heavy atom. The van der Waals surface area contributed by atoms with Gasteiger partial charge >= 0.3 is 18.2 Å². The molecule has 24 heavy (non-hydrogen) atoms. The van der Waals surface area contributed by atoms with Crippen molar-refractivity contribution in [3.63, 3.8) is 0 Å². The number of carboxylic acid groups (broad SMARTS) is 1. The second kappa shape index (κ2) is 6.70. The Balaban J connectivity index is 2.91. The topological polar surface area (TPSA) is 142 Å². The van der Waals surface area contributed by atoms with E-state index in [2.05, 4.69) is 0 Å². The molecule has 1 aromatic carbocycles. The van der Waals surface area contributed by atoms with Crippen LogP contribution < -0.4 is 10.6 Å². The zero-order valence-corrected chi connectivity index (χ0v) is 12.0. The first kappa shape index (κ1) is 19.2. The molecule has 1 rings (SSSR count). The number of rotatable bonds is 5. The van der Waals surface area contributed by atoms with E-state index in [9.17, 15) is 38.0 Å². The highest BCUT2D eigenvalue weighted by molar-refractivity contribution is 5.90. The van der Waals surface area contributed by atoms with Crippen LogP contribution in [-0.4, -0.2) is 39.3 Å². The molecule has 0 aliphatic heterocycles. The van der Waals surface area contributed by atoms with Crippen LogP contribution in [0.1, 0.15) is 12.5 Å². The van der Waals surface area contributed by atoms with Gasteiger partial charge in [0.05, 0.1) is 11.5 Å².